The summed E-state index contributed by atoms with van der Waals surface area (Å²) in [6.45, 7) is 0. The lowest BCUT2D eigenvalue weighted by Gasteiger charge is -2.37. The Hall–Kier alpha value is -2.94. The van der Waals surface area contributed by atoms with Gasteiger partial charge in [-0.2, -0.15) is 13.2 Å². The number of amides is 1. The molecule has 26 heavy (non-hydrogen) atoms. The molecule has 0 bridgehead atoms. The highest BCUT2D eigenvalue weighted by Gasteiger charge is 2.37. The number of rotatable bonds is 2. The first kappa shape index (κ1) is 16.5. The van der Waals surface area contributed by atoms with Crippen molar-refractivity contribution in [2.75, 3.05) is 10.2 Å². The van der Waals surface area contributed by atoms with Gasteiger partial charge < -0.3 is 5.32 Å². The van der Waals surface area contributed by atoms with Crippen LogP contribution in [0.2, 0.25) is 0 Å². The van der Waals surface area contributed by atoms with E-state index in [4.69, 9.17) is 0 Å². The van der Waals surface area contributed by atoms with Gasteiger partial charge in [-0.3, -0.25) is 9.69 Å². The van der Waals surface area contributed by atoms with E-state index in [9.17, 15) is 18.0 Å². The van der Waals surface area contributed by atoms with Crippen LogP contribution in [0, 0.1) is 0 Å². The number of benzene rings is 2. The molecule has 4 rings (SSSR count). The Kier molecular flexibility index (Phi) is 3.87. The SMILES string of the molecule is O=C1c2ccccc2N[C@@H](c2csnn2)N1c1cccc(C(F)(F)F)c1. The lowest BCUT2D eigenvalue weighted by molar-refractivity contribution is -0.137. The molecule has 1 aliphatic rings. The number of nitrogens with one attached hydrogen (secondary N) is 1. The van der Waals surface area contributed by atoms with Crippen molar-refractivity contribution >= 4 is 28.8 Å². The van der Waals surface area contributed by atoms with Gasteiger partial charge in [0.05, 0.1) is 11.1 Å². The number of alkyl halides is 3. The molecule has 0 saturated carbocycles. The minimum atomic E-state index is -4.50. The summed E-state index contributed by atoms with van der Waals surface area (Å²) in [5.41, 5.74) is 0.736. The van der Waals surface area contributed by atoms with Gasteiger partial charge in [0.1, 0.15) is 5.69 Å². The van der Waals surface area contributed by atoms with Gasteiger partial charge in [0.15, 0.2) is 6.17 Å². The molecule has 0 unspecified atom stereocenters. The van der Waals surface area contributed by atoms with Crippen LogP contribution in [0.1, 0.15) is 27.8 Å². The molecule has 0 radical (unpaired) electrons. The topological polar surface area (TPSA) is 58.1 Å². The molecular weight excluding hydrogens is 365 g/mol. The molecule has 2 heterocycles. The van der Waals surface area contributed by atoms with Crippen LogP contribution in [-0.4, -0.2) is 15.5 Å². The Balaban J connectivity index is 1.85. The van der Waals surface area contributed by atoms with Crippen LogP contribution in [-0.2, 0) is 6.18 Å². The minimum absolute atomic E-state index is 0.129. The van der Waals surface area contributed by atoms with E-state index < -0.39 is 23.8 Å². The molecule has 0 saturated heterocycles. The smallest absolute Gasteiger partial charge is 0.359 e. The number of aromatic nitrogens is 2. The summed E-state index contributed by atoms with van der Waals surface area (Å²) in [5.74, 6) is -0.406. The molecular formula is C17H11F3N4OS. The monoisotopic (exact) mass is 376 g/mol. The molecule has 1 aromatic heterocycles. The van der Waals surface area contributed by atoms with E-state index in [2.05, 4.69) is 14.9 Å². The Labute approximate surface area is 150 Å². The summed E-state index contributed by atoms with van der Waals surface area (Å²) < 4.78 is 43.1. The maximum Gasteiger partial charge on any atom is 0.416 e. The fraction of sp³-hybridized carbons (Fsp3) is 0.118. The zero-order valence-electron chi connectivity index (χ0n) is 13.1. The number of fused-ring (bicyclic) bond motifs is 1. The maximum absolute atomic E-state index is 13.1. The zero-order valence-corrected chi connectivity index (χ0v) is 13.9. The van der Waals surface area contributed by atoms with Crippen molar-refractivity contribution in [1.82, 2.24) is 9.59 Å². The first-order valence-electron chi connectivity index (χ1n) is 7.58. The van der Waals surface area contributed by atoms with Crippen molar-refractivity contribution < 1.29 is 18.0 Å². The van der Waals surface area contributed by atoms with Crippen molar-refractivity contribution in [1.29, 1.82) is 0 Å². The number of para-hydroxylation sites is 1. The summed E-state index contributed by atoms with van der Waals surface area (Å²) in [7, 11) is 0. The summed E-state index contributed by atoms with van der Waals surface area (Å²) in [6.07, 6.45) is -5.25. The second-order valence-corrected chi connectivity index (χ2v) is 6.26. The predicted molar refractivity (Wildman–Crippen MR) is 91.0 cm³/mol. The Morgan fingerprint density at radius 3 is 2.65 bits per heavy atom. The highest BCUT2D eigenvalue weighted by Crippen LogP contribution is 2.38. The van der Waals surface area contributed by atoms with E-state index in [-0.39, 0.29) is 5.69 Å². The number of nitrogens with zero attached hydrogens (tertiary/aromatic N) is 3. The van der Waals surface area contributed by atoms with E-state index in [1.54, 1.807) is 29.6 Å². The third-order valence-electron chi connectivity index (χ3n) is 4.04. The number of carbonyl (C=O) groups is 1. The van der Waals surface area contributed by atoms with Crippen molar-refractivity contribution in [3.63, 3.8) is 0 Å². The molecule has 9 heteroatoms. The summed E-state index contributed by atoms with van der Waals surface area (Å²) >= 11 is 1.10. The van der Waals surface area contributed by atoms with E-state index >= 15 is 0 Å². The standard InChI is InChI=1S/C17H11F3N4OS/c18-17(19,20)10-4-3-5-11(8-10)24-15(14-9-26-23-22-14)21-13-7-2-1-6-12(13)16(24)25/h1-9,15,21H/t15-/m1/s1. The molecule has 1 atom stereocenters. The second kappa shape index (κ2) is 6.10. The average Bonchev–Trinajstić information content (AvgIpc) is 3.15. The third-order valence-corrected chi connectivity index (χ3v) is 4.56. The molecule has 1 amide bonds. The molecule has 2 aromatic carbocycles. The molecule has 0 aliphatic carbocycles. The summed E-state index contributed by atoms with van der Waals surface area (Å²) in [6, 6.07) is 11.5. The van der Waals surface area contributed by atoms with Gasteiger partial charge in [-0.1, -0.05) is 22.7 Å². The zero-order chi connectivity index (χ0) is 18.3. The van der Waals surface area contributed by atoms with Crippen molar-refractivity contribution in [2.45, 2.75) is 12.3 Å². The van der Waals surface area contributed by atoms with E-state index in [1.165, 1.54) is 17.0 Å². The summed E-state index contributed by atoms with van der Waals surface area (Å²) in [5, 5.41) is 8.80. The normalized spacial score (nSPS) is 17.0. The quantitative estimate of drug-likeness (QED) is 0.723. The Morgan fingerprint density at radius 1 is 1.12 bits per heavy atom. The first-order chi connectivity index (χ1) is 12.4. The third kappa shape index (κ3) is 2.80. The number of hydrogen-bond acceptors (Lipinski definition) is 5. The van der Waals surface area contributed by atoms with E-state index in [0.29, 0.717) is 16.9 Å². The fourth-order valence-electron chi connectivity index (χ4n) is 2.85. The van der Waals surface area contributed by atoms with Crippen molar-refractivity contribution in [2.24, 2.45) is 0 Å². The van der Waals surface area contributed by atoms with Crippen LogP contribution >= 0.6 is 11.5 Å². The van der Waals surface area contributed by atoms with Gasteiger partial charge >= 0.3 is 6.18 Å². The van der Waals surface area contributed by atoms with Gasteiger partial charge in [-0.25, -0.2) is 0 Å². The van der Waals surface area contributed by atoms with Gasteiger partial charge in [0, 0.05) is 16.8 Å². The Morgan fingerprint density at radius 2 is 1.92 bits per heavy atom. The first-order valence-corrected chi connectivity index (χ1v) is 8.42. The molecule has 132 valence electrons. The van der Waals surface area contributed by atoms with Gasteiger partial charge in [0.25, 0.3) is 5.91 Å². The number of carbonyl (C=O) groups excluding carboxylic acids is 1. The highest BCUT2D eigenvalue weighted by atomic mass is 32.1. The maximum atomic E-state index is 13.1. The second-order valence-electron chi connectivity index (χ2n) is 5.65. The van der Waals surface area contributed by atoms with E-state index in [1.807, 2.05) is 0 Å². The lowest BCUT2D eigenvalue weighted by atomic mass is 10.0. The van der Waals surface area contributed by atoms with E-state index in [0.717, 1.165) is 23.7 Å². The highest BCUT2D eigenvalue weighted by molar-refractivity contribution is 7.03. The molecule has 5 nitrogen and oxygen atoms in total. The number of hydrogen-bond donors (Lipinski definition) is 1. The lowest BCUT2D eigenvalue weighted by Crippen LogP contribution is -2.43. The molecule has 3 aromatic rings. The molecule has 0 fully saturated rings. The van der Waals surface area contributed by atoms with Gasteiger partial charge in [-0.05, 0) is 41.9 Å². The van der Waals surface area contributed by atoms with Crippen molar-refractivity contribution in [3.05, 3.63) is 70.7 Å². The van der Waals surface area contributed by atoms with Crippen LogP contribution in [0.5, 0.6) is 0 Å². The fourth-order valence-corrected chi connectivity index (χ4v) is 3.32. The van der Waals surface area contributed by atoms with Crippen LogP contribution < -0.4 is 10.2 Å². The van der Waals surface area contributed by atoms with Crippen LogP contribution in [0.3, 0.4) is 0 Å². The number of halogens is 3. The van der Waals surface area contributed by atoms with Gasteiger partial charge in [-0.15, -0.1) is 5.10 Å². The van der Waals surface area contributed by atoms with Crippen LogP contribution in [0.25, 0.3) is 0 Å². The summed E-state index contributed by atoms with van der Waals surface area (Å²) in [4.78, 5) is 14.3. The molecule has 1 aliphatic heterocycles. The predicted octanol–water partition coefficient (Wildman–Crippen LogP) is 4.33. The molecule has 0 spiro atoms. The molecule has 1 N–H and O–H groups in total. The number of anilines is 2. The van der Waals surface area contributed by atoms with Crippen LogP contribution in [0.4, 0.5) is 24.5 Å². The van der Waals surface area contributed by atoms with Crippen molar-refractivity contribution in [3.8, 4) is 0 Å². The van der Waals surface area contributed by atoms with Crippen LogP contribution in [0.15, 0.2) is 53.9 Å². The van der Waals surface area contributed by atoms with Gasteiger partial charge in [0.2, 0.25) is 0 Å². The largest absolute Gasteiger partial charge is 0.416 e. The average molecular weight is 376 g/mol. The Bertz CT molecular complexity index is 959. The minimum Gasteiger partial charge on any atom is -0.359 e.